The molecule has 0 aromatic heterocycles. The van der Waals surface area contributed by atoms with Crippen molar-refractivity contribution in [3.05, 3.63) is 40.4 Å². The maximum Gasteiger partial charge on any atom is 0.410 e. The van der Waals surface area contributed by atoms with Crippen LogP contribution in [0.3, 0.4) is 0 Å². The second kappa shape index (κ2) is 9.70. The molecule has 1 aliphatic heterocycles. The Kier molecular flexibility index (Phi) is 7.97. The molecule has 0 N–H and O–H groups in total. The average molecular weight is 387 g/mol. The smallest absolute Gasteiger partial charge is 0.410 e. The predicted octanol–water partition coefficient (Wildman–Crippen LogP) is 0.490. The highest BCUT2D eigenvalue weighted by atomic mass is 32.2. The number of nitro groups is 1. The van der Waals surface area contributed by atoms with E-state index >= 15 is 0 Å². The second-order valence-electron chi connectivity index (χ2n) is 5.64. The molecule has 1 saturated heterocycles. The first-order valence-corrected chi connectivity index (χ1v) is 8.82. The van der Waals surface area contributed by atoms with Crippen molar-refractivity contribution in [3.8, 4) is 0 Å². The van der Waals surface area contributed by atoms with Gasteiger partial charge in [-0.2, -0.15) is 0 Å². The number of likely N-dealkylation sites (N-methyl/N-ethyl adjacent to an activating group) is 1. The lowest BCUT2D eigenvalue weighted by molar-refractivity contribution is -0.384. The highest BCUT2D eigenvalue weighted by molar-refractivity contribution is 7.73. The number of methoxy groups -OCH3 is 1. The van der Waals surface area contributed by atoms with Crippen LogP contribution in [-0.4, -0.2) is 74.2 Å². The van der Waals surface area contributed by atoms with Crippen molar-refractivity contribution < 1.29 is 27.7 Å². The van der Waals surface area contributed by atoms with Gasteiger partial charge in [-0.05, 0) is 6.42 Å². The Bertz CT molecular complexity index is 713. The summed E-state index contributed by atoms with van der Waals surface area (Å²) in [6, 6.07) is 7.18. The van der Waals surface area contributed by atoms with Crippen molar-refractivity contribution in [1.82, 2.24) is 9.80 Å². The fourth-order valence-corrected chi connectivity index (χ4v) is 3.05. The molecule has 1 aromatic rings. The van der Waals surface area contributed by atoms with E-state index in [1.807, 2.05) is 0 Å². The van der Waals surface area contributed by atoms with Gasteiger partial charge in [0.05, 0.1) is 17.3 Å². The van der Waals surface area contributed by atoms with Gasteiger partial charge in [-0.1, -0.05) is 18.2 Å². The van der Waals surface area contributed by atoms with Crippen molar-refractivity contribution >= 4 is 28.4 Å². The molecule has 144 valence electrons. The molecule has 1 aromatic carbocycles. The number of likely N-dealkylation sites (tertiary alicyclic amines) is 1. The van der Waals surface area contributed by atoms with E-state index in [0.29, 0.717) is 0 Å². The van der Waals surface area contributed by atoms with Crippen molar-refractivity contribution in [1.29, 1.82) is 0 Å². The van der Waals surface area contributed by atoms with Crippen molar-refractivity contribution in [2.45, 2.75) is 17.7 Å². The lowest BCUT2D eigenvalue weighted by atomic mass is 10.2. The van der Waals surface area contributed by atoms with Crippen LogP contribution in [0.5, 0.6) is 0 Å². The summed E-state index contributed by atoms with van der Waals surface area (Å²) in [7, 11) is 1.67. The summed E-state index contributed by atoms with van der Waals surface area (Å²) in [5, 5.41) is 9.32. The standard InChI is InChI=1S/C9H16N2O5S.C6H5NO2/c1-10(2)8(12)7-4-6(17(14)15)5-11(7)9(13)16-3;8-7(9)6-4-2-1-3-5-6/h6-7,17H,4-5H2,1-3H3;1-5H/t6-,7-;/m0./s1. The van der Waals surface area contributed by atoms with Crippen LogP contribution in [-0.2, 0) is 20.2 Å². The number of carbonyl (C=O) groups is 2. The van der Waals surface area contributed by atoms with Gasteiger partial charge in [-0.25, -0.2) is 13.2 Å². The van der Waals surface area contributed by atoms with Crippen molar-refractivity contribution in [2.75, 3.05) is 27.7 Å². The van der Waals surface area contributed by atoms with E-state index in [4.69, 9.17) is 0 Å². The largest absolute Gasteiger partial charge is 0.453 e. The van der Waals surface area contributed by atoms with Gasteiger partial charge in [-0.15, -0.1) is 0 Å². The van der Waals surface area contributed by atoms with Crippen LogP contribution in [0.15, 0.2) is 30.3 Å². The molecule has 0 spiro atoms. The zero-order valence-electron chi connectivity index (χ0n) is 14.6. The molecule has 0 unspecified atom stereocenters. The van der Waals surface area contributed by atoms with Gasteiger partial charge in [-0.3, -0.25) is 19.8 Å². The molecule has 1 fully saturated rings. The van der Waals surface area contributed by atoms with E-state index in [2.05, 4.69) is 4.74 Å². The Balaban J connectivity index is 0.000000314. The summed E-state index contributed by atoms with van der Waals surface area (Å²) in [4.78, 5) is 35.4. The lowest BCUT2D eigenvalue weighted by Crippen LogP contribution is -2.45. The number of amides is 2. The van der Waals surface area contributed by atoms with Gasteiger partial charge in [0, 0.05) is 32.8 Å². The quantitative estimate of drug-likeness (QED) is 0.454. The minimum atomic E-state index is -2.65. The molecular weight excluding hydrogens is 366 g/mol. The summed E-state index contributed by atoms with van der Waals surface area (Å²) in [5.41, 5.74) is 0.137. The number of hydrogen-bond donors (Lipinski definition) is 1. The molecule has 26 heavy (non-hydrogen) atoms. The Labute approximate surface area is 152 Å². The van der Waals surface area contributed by atoms with Crippen LogP contribution in [0.2, 0.25) is 0 Å². The fourth-order valence-electron chi connectivity index (χ4n) is 2.37. The number of rotatable bonds is 3. The number of benzene rings is 1. The van der Waals surface area contributed by atoms with Crippen LogP contribution in [0, 0.1) is 10.1 Å². The molecule has 1 heterocycles. The van der Waals surface area contributed by atoms with Gasteiger partial charge < -0.3 is 9.64 Å². The third kappa shape index (κ3) is 5.69. The number of thiol groups is 1. The number of non-ortho nitro benzene ring substituents is 1. The minimum Gasteiger partial charge on any atom is -0.453 e. The molecule has 2 amide bonds. The maximum absolute atomic E-state index is 11.8. The van der Waals surface area contributed by atoms with Crippen LogP contribution < -0.4 is 0 Å². The molecule has 11 heteroatoms. The van der Waals surface area contributed by atoms with Gasteiger partial charge in [0.2, 0.25) is 5.91 Å². The Morgan fingerprint density at radius 1 is 1.27 bits per heavy atom. The van der Waals surface area contributed by atoms with Crippen molar-refractivity contribution in [3.63, 3.8) is 0 Å². The predicted molar refractivity (Wildman–Crippen MR) is 93.4 cm³/mol. The van der Waals surface area contributed by atoms with Crippen LogP contribution in [0.25, 0.3) is 0 Å². The van der Waals surface area contributed by atoms with Gasteiger partial charge in [0.25, 0.3) is 5.69 Å². The van der Waals surface area contributed by atoms with Gasteiger partial charge >= 0.3 is 6.09 Å². The summed E-state index contributed by atoms with van der Waals surface area (Å²) in [6.07, 6.45) is -0.547. The second-order valence-corrected chi connectivity index (χ2v) is 6.94. The van der Waals surface area contributed by atoms with E-state index in [0.717, 1.165) is 4.90 Å². The topological polar surface area (TPSA) is 127 Å². The van der Waals surface area contributed by atoms with Crippen LogP contribution >= 0.6 is 0 Å². The summed E-state index contributed by atoms with van der Waals surface area (Å²) < 4.78 is 26.4. The first kappa shape index (κ1) is 21.4. The summed E-state index contributed by atoms with van der Waals surface area (Å²) in [5.74, 6) is -0.297. The maximum atomic E-state index is 11.8. The third-order valence-corrected chi connectivity index (χ3v) is 4.65. The molecular formula is C15H21N3O7S. The van der Waals surface area contributed by atoms with Gasteiger partial charge in [0.15, 0.2) is 0 Å². The molecule has 0 aliphatic carbocycles. The number of ether oxygens (including phenoxy) is 1. The molecule has 1 aliphatic rings. The van der Waals surface area contributed by atoms with E-state index in [1.54, 1.807) is 32.3 Å². The highest BCUT2D eigenvalue weighted by Gasteiger charge is 2.42. The van der Waals surface area contributed by atoms with Crippen LogP contribution in [0.1, 0.15) is 6.42 Å². The van der Waals surface area contributed by atoms with E-state index in [-0.39, 0.29) is 24.6 Å². The summed E-state index contributed by atoms with van der Waals surface area (Å²) >= 11 is 0. The number of nitrogens with zero attached hydrogens (tertiary/aromatic N) is 3. The first-order chi connectivity index (χ1) is 12.2. The Morgan fingerprint density at radius 3 is 2.23 bits per heavy atom. The van der Waals surface area contributed by atoms with Crippen LogP contribution in [0.4, 0.5) is 10.5 Å². The number of nitro benzene ring substituents is 1. The van der Waals surface area contributed by atoms with Crippen molar-refractivity contribution in [2.24, 2.45) is 0 Å². The number of hydrogen-bond acceptors (Lipinski definition) is 7. The molecule has 0 radical (unpaired) electrons. The average Bonchev–Trinajstić information content (AvgIpc) is 3.07. The van der Waals surface area contributed by atoms with Gasteiger partial charge in [0.1, 0.15) is 16.7 Å². The monoisotopic (exact) mass is 387 g/mol. The molecule has 2 atom stereocenters. The Morgan fingerprint density at radius 2 is 1.85 bits per heavy atom. The Hall–Kier alpha value is -2.69. The van der Waals surface area contributed by atoms with E-state index < -0.39 is 33.0 Å². The normalized spacial score (nSPS) is 18.7. The zero-order chi connectivity index (χ0) is 19.9. The molecule has 0 bridgehead atoms. The minimum absolute atomic E-state index is 0.00955. The number of para-hydroxylation sites is 1. The first-order valence-electron chi connectivity index (χ1n) is 7.57. The fraction of sp³-hybridized carbons (Fsp3) is 0.467. The van der Waals surface area contributed by atoms with E-state index in [9.17, 15) is 28.1 Å². The summed E-state index contributed by atoms with van der Waals surface area (Å²) in [6.45, 7) is 0.00955. The lowest BCUT2D eigenvalue weighted by Gasteiger charge is -2.24. The number of carbonyl (C=O) groups excluding carboxylic acids is 2. The third-order valence-electron chi connectivity index (χ3n) is 3.68. The molecule has 10 nitrogen and oxygen atoms in total. The molecule has 0 saturated carbocycles. The zero-order valence-corrected chi connectivity index (χ0v) is 15.5. The SMILES string of the molecule is COC(=O)N1C[C@@H]([SH](=O)=O)C[C@H]1C(=O)N(C)C.O=[N+]([O-])c1ccccc1. The highest BCUT2D eigenvalue weighted by Crippen LogP contribution is 2.22. The molecule has 2 rings (SSSR count). The van der Waals surface area contributed by atoms with E-state index in [1.165, 1.54) is 24.1 Å².